The Morgan fingerprint density at radius 3 is 2.94 bits per heavy atom. The fourth-order valence-electron chi connectivity index (χ4n) is 1.38. The summed E-state index contributed by atoms with van der Waals surface area (Å²) in [7, 11) is 0. The van der Waals surface area contributed by atoms with Gasteiger partial charge in [0.15, 0.2) is 0 Å². The van der Waals surface area contributed by atoms with Crippen molar-refractivity contribution >= 4 is 5.97 Å². The van der Waals surface area contributed by atoms with Crippen molar-refractivity contribution in [2.45, 2.75) is 26.2 Å². The standard InChI is InChI=1S/C12H21NO3/c1-10(7-12(14)15)8-13-5-2-6-16-9-11-3-4-11/h7,11,13H,2-6,8-9H2,1H3,(H,14,15). The summed E-state index contributed by atoms with van der Waals surface area (Å²) in [5.41, 5.74) is 0.839. The van der Waals surface area contributed by atoms with Crippen LogP contribution in [0.3, 0.4) is 0 Å². The van der Waals surface area contributed by atoms with E-state index in [0.29, 0.717) is 6.54 Å². The van der Waals surface area contributed by atoms with Crippen LogP contribution in [0.5, 0.6) is 0 Å². The van der Waals surface area contributed by atoms with Crippen LogP contribution >= 0.6 is 0 Å². The minimum absolute atomic E-state index is 0.634. The molecule has 0 aliphatic heterocycles. The monoisotopic (exact) mass is 227 g/mol. The highest BCUT2D eigenvalue weighted by Gasteiger charge is 2.20. The van der Waals surface area contributed by atoms with E-state index in [4.69, 9.17) is 9.84 Å². The fourth-order valence-corrected chi connectivity index (χ4v) is 1.38. The number of aliphatic carboxylic acids is 1. The molecule has 1 rings (SSSR count). The summed E-state index contributed by atoms with van der Waals surface area (Å²) >= 11 is 0. The highest BCUT2D eigenvalue weighted by Crippen LogP contribution is 2.28. The summed E-state index contributed by atoms with van der Waals surface area (Å²) < 4.78 is 5.48. The molecule has 1 fully saturated rings. The Morgan fingerprint density at radius 2 is 2.31 bits per heavy atom. The number of rotatable bonds is 9. The van der Waals surface area contributed by atoms with Gasteiger partial charge in [0.05, 0.1) is 0 Å². The SMILES string of the molecule is CC(=CC(=O)O)CNCCCOCC1CC1. The predicted molar refractivity (Wildman–Crippen MR) is 62.4 cm³/mol. The topological polar surface area (TPSA) is 58.6 Å². The summed E-state index contributed by atoms with van der Waals surface area (Å²) in [5.74, 6) is -0.0548. The van der Waals surface area contributed by atoms with Crippen LogP contribution in [0.4, 0.5) is 0 Å². The van der Waals surface area contributed by atoms with Crippen molar-refractivity contribution in [1.29, 1.82) is 0 Å². The maximum atomic E-state index is 10.3. The second kappa shape index (κ2) is 7.41. The van der Waals surface area contributed by atoms with E-state index in [-0.39, 0.29) is 0 Å². The third-order valence-electron chi connectivity index (χ3n) is 2.47. The molecule has 16 heavy (non-hydrogen) atoms. The molecule has 4 heteroatoms. The predicted octanol–water partition coefficient (Wildman–Crippen LogP) is 1.42. The van der Waals surface area contributed by atoms with Gasteiger partial charge in [0, 0.05) is 25.8 Å². The Morgan fingerprint density at radius 1 is 1.56 bits per heavy atom. The van der Waals surface area contributed by atoms with Gasteiger partial charge < -0.3 is 15.2 Å². The van der Waals surface area contributed by atoms with Crippen LogP contribution in [-0.2, 0) is 9.53 Å². The lowest BCUT2D eigenvalue weighted by Gasteiger charge is -2.05. The molecule has 1 saturated carbocycles. The number of hydrogen-bond acceptors (Lipinski definition) is 3. The van der Waals surface area contributed by atoms with Crippen molar-refractivity contribution in [3.05, 3.63) is 11.6 Å². The first-order chi connectivity index (χ1) is 7.68. The lowest BCUT2D eigenvalue weighted by molar-refractivity contribution is -0.131. The van der Waals surface area contributed by atoms with Gasteiger partial charge in [0.2, 0.25) is 0 Å². The van der Waals surface area contributed by atoms with Crippen molar-refractivity contribution in [2.75, 3.05) is 26.3 Å². The van der Waals surface area contributed by atoms with Gasteiger partial charge in [-0.05, 0) is 38.6 Å². The number of nitrogens with one attached hydrogen (secondary N) is 1. The molecule has 0 aromatic carbocycles. The molecule has 0 bridgehead atoms. The Labute approximate surface area is 96.7 Å². The van der Waals surface area contributed by atoms with E-state index in [2.05, 4.69) is 5.32 Å². The van der Waals surface area contributed by atoms with E-state index in [1.165, 1.54) is 18.9 Å². The zero-order valence-corrected chi connectivity index (χ0v) is 9.87. The molecule has 4 nitrogen and oxygen atoms in total. The lowest BCUT2D eigenvalue weighted by Crippen LogP contribution is -2.19. The maximum absolute atomic E-state index is 10.3. The number of carboxylic acid groups (broad SMARTS) is 1. The molecular weight excluding hydrogens is 206 g/mol. The van der Waals surface area contributed by atoms with Crippen molar-refractivity contribution in [1.82, 2.24) is 5.32 Å². The average Bonchev–Trinajstić information content (AvgIpc) is 2.99. The smallest absolute Gasteiger partial charge is 0.328 e. The van der Waals surface area contributed by atoms with E-state index >= 15 is 0 Å². The second-order valence-corrected chi connectivity index (χ2v) is 4.38. The lowest BCUT2D eigenvalue weighted by atomic mass is 10.3. The van der Waals surface area contributed by atoms with E-state index in [1.54, 1.807) is 0 Å². The third-order valence-corrected chi connectivity index (χ3v) is 2.47. The quantitative estimate of drug-likeness (QED) is 0.462. The van der Waals surface area contributed by atoms with Crippen LogP contribution < -0.4 is 5.32 Å². The fraction of sp³-hybridized carbons (Fsp3) is 0.750. The van der Waals surface area contributed by atoms with Crippen molar-refractivity contribution < 1.29 is 14.6 Å². The minimum atomic E-state index is -0.882. The van der Waals surface area contributed by atoms with E-state index < -0.39 is 5.97 Å². The van der Waals surface area contributed by atoms with Crippen LogP contribution in [0, 0.1) is 5.92 Å². The summed E-state index contributed by atoms with van der Waals surface area (Å²) in [6.07, 6.45) is 4.87. The van der Waals surface area contributed by atoms with Crippen LogP contribution in [0.1, 0.15) is 26.2 Å². The van der Waals surface area contributed by atoms with Crippen LogP contribution in [0.15, 0.2) is 11.6 Å². The molecule has 0 amide bonds. The molecule has 92 valence electrons. The molecule has 2 N–H and O–H groups in total. The maximum Gasteiger partial charge on any atom is 0.328 e. The van der Waals surface area contributed by atoms with Crippen molar-refractivity contribution in [3.8, 4) is 0 Å². The van der Waals surface area contributed by atoms with Gasteiger partial charge in [0.1, 0.15) is 0 Å². The summed E-state index contributed by atoms with van der Waals surface area (Å²) in [5, 5.41) is 11.7. The highest BCUT2D eigenvalue weighted by molar-refractivity contribution is 5.80. The zero-order valence-electron chi connectivity index (χ0n) is 9.87. The second-order valence-electron chi connectivity index (χ2n) is 4.38. The Balaban J connectivity index is 1.84. The normalized spacial score (nSPS) is 16.4. The first-order valence-corrected chi connectivity index (χ1v) is 5.87. The van der Waals surface area contributed by atoms with Gasteiger partial charge in [0.25, 0.3) is 0 Å². The molecule has 0 spiro atoms. The van der Waals surface area contributed by atoms with Crippen LogP contribution in [-0.4, -0.2) is 37.4 Å². The van der Waals surface area contributed by atoms with Crippen molar-refractivity contribution in [2.24, 2.45) is 5.92 Å². The summed E-state index contributed by atoms with van der Waals surface area (Å²) in [6, 6.07) is 0. The number of ether oxygens (including phenoxy) is 1. The number of carbonyl (C=O) groups is 1. The van der Waals surface area contributed by atoms with Crippen LogP contribution in [0.25, 0.3) is 0 Å². The molecule has 0 unspecified atom stereocenters. The van der Waals surface area contributed by atoms with E-state index in [9.17, 15) is 4.79 Å². The Kier molecular flexibility index (Phi) is 6.11. The largest absolute Gasteiger partial charge is 0.478 e. The van der Waals surface area contributed by atoms with Gasteiger partial charge in [-0.3, -0.25) is 0 Å². The highest BCUT2D eigenvalue weighted by atomic mass is 16.5. The van der Waals surface area contributed by atoms with E-state index in [0.717, 1.165) is 37.7 Å². The van der Waals surface area contributed by atoms with Gasteiger partial charge in [-0.2, -0.15) is 0 Å². The molecule has 0 aromatic heterocycles. The molecule has 0 atom stereocenters. The number of hydrogen-bond donors (Lipinski definition) is 2. The minimum Gasteiger partial charge on any atom is -0.478 e. The van der Waals surface area contributed by atoms with Crippen LogP contribution in [0.2, 0.25) is 0 Å². The molecule has 0 aromatic rings. The first-order valence-electron chi connectivity index (χ1n) is 5.87. The van der Waals surface area contributed by atoms with Gasteiger partial charge in [-0.1, -0.05) is 5.57 Å². The third kappa shape index (κ3) is 7.43. The van der Waals surface area contributed by atoms with E-state index in [1.807, 2.05) is 6.92 Å². The molecule has 0 radical (unpaired) electrons. The molecule has 0 heterocycles. The zero-order chi connectivity index (χ0) is 11.8. The van der Waals surface area contributed by atoms with Gasteiger partial charge >= 0.3 is 5.97 Å². The summed E-state index contributed by atoms with van der Waals surface area (Å²) in [4.78, 5) is 10.3. The van der Waals surface area contributed by atoms with Gasteiger partial charge in [-0.15, -0.1) is 0 Å². The van der Waals surface area contributed by atoms with Gasteiger partial charge in [-0.25, -0.2) is 4.79 Å². The number of carboxylic acids is 1. The Hall–Kier alpha value is -0.870. The Bertz CT molecular complexity index is 247. The van der Waals surface area contributed by atoms with Crippen molar-refractivity contribution in [3.63, 3.8) is 0 Å². The molecular formula is C12H21NO3. The summed E-state index contributed by atoms with van der Waals surface area (Å²) in [6.45, 7) is 5.03. The molecule has 1 aliphatic carbocycles. The molecule has 1 aliphatic rings. The molecule has 0 saturated heterocycles. The first kappa shape index (κ1) is 13.2. The average molecular weight is 227 g/mol.